The second-order valence-electron chi connectivity index (χ2n) is 5.07. The Morgan fingerprint density at radius 2 is 2.10 bits per heavy atom. The lowest BCUT2D eigenvalue weighted by atomic mass is 10.1. The quantitative estimate of drug-likeness (QED) is 0.674. The number of hydrogen-bond acceptors (Lipinski definition) is 4. The van der Waals surface area contributed by atoms with Crippen molar-refractivity contribution in [1.82, 2.24) is 5.32 Å². The third-order valence-corrected chi connectivity index (χ3v) is 3.66. The molecule has 0 aliphatic carbocycles. The Bertz CT molecular complexity index is 557. The highest BCUT2D eigenvalue weighted by atomic mass is 16.6. The van der Waals surface area contributed by atoms with Crippen LogP contribution in [0.2, 0.25) is 0 Å². The lowest BCUT2D eigenvalue weighted by Crippen LogP contribution is -2.38. The van der Waals surface area contributed by atoms with Gasteiger partial charge in [-0.15, -0.1) is 0 Å². The summed E-state index contributed by atoms with van der Waals surface area (Å²) in [5.41, 5.74) is 2.21. The molecular formula is C14H19N3O3. The zero-order valence-electron chi connectivity index (χ0n) is 12.0. The minimum Gasteiger partial charge on any atom is -0.311 e. The van der Waals surface area contributed by atoms with Gasteiger partial charge in [0, 0.05) is 23.9 Å². The number of nitrogens with one attached hydrogen (secondary N) is 1. The minimum atomic E-state index is -0.390. The molecular weight excluding hydrogens is 258 g/mol. The van der Waals surface area contributed by atoms with Crippen LogP contribution in [0.15, 0.2) is 12.1 Å². The summed E-state index contributed by atoms with van der Waals surface area (Å²) in [5.74, 6) is 0.0446. The zero-order chi connectivity index (χ0) is 14.9. The number of amides is 1. The van der Waals surface area contributed by atoms with E-state index in [2.05, 4.69) is 5.32 Å². The van der Waals surface area contributed by atoms with Gasteiger partial charge < -0.3 is 10.2 Å². The SMILES string of the molecule is CCNC1CCN(c2cc(C)c([N+](=O)[O-])cc2C)C1=O. The van der Waals surface area contributed by atoms with Gasteiger partial charge in [0.05, 0.1) is 11.0 Å². The third kappa shape index (κ3) is 2.51. The van der Waals surface area contributed by atoms with Crippen LogP contribution in [0.1, 0.15) is 24.5 Å². The van der Waals surface area contributed by atoms with E-state index in [-0.39, 0.29) is 22.6 Å². The van der Waals surface area contributed by atoms with Gasteiger partial charge in [-0.05, 0) is 38.4 Å². The Morgan fingerprint density at radius 3 is 2.70 bits per heavy atom. The van der Waals surface area contributed by atoms with Crippen molar-refractivity contribution in [3.05, 3.63) is 33.4 Å². The van der Waals surface area contributed by atoms with E-state index in [4.69, 9.17) is 0 Å². The number of likely N-dealkylation sites (N-methyl/N-ethyl adjacent to an activating group) is 1. The molecule has 0 saturated carbocycles. The van der Waals surface area contributed by atoms with Crippen molar-refractivity contribution in [2.45, 2.75) is 33.2 Å². The highest BCUT2D eigenvalue weighted by Gasteiger charge is 2.33. The minimum absolute atomic E-state index is 0.0446. The number of aryl methyl sites for hydroxylation is 2. The molecule has 1 aliphatic heterocycles. The van der Waals surface area contributed by atoms with Crippen molar-refractivity contribution >= 4 is 17.3 Å². The Labute approximate surface area is 117 Å². The average Bonchev–Trinajstić information content (AvgIpc) is 2.74. The van der Waals surface area contributed by atoms with E-state index in [0.29, 0.717) is 12.1 Å². The van der Waals surface area contributed by atoms with Crippen molar-refractivity contribution in [2.24, 2.45) is 0 Å². The number of rotatable bonds is 4. The summed E-state index contributed by atoms with van der Waals surface area (Å²) in [6, 6.07) is 3.13. The van der Waals surface area contributed by atoms with E-state index in [1.165, 1.54) is 0 Å². The van der Waals surface area contributed by atoms with E-state index >= 15 is 0 Å². The van der Waals surface area contributed by atoms with Crippen LogP contribution in [0.5, 0.6) is 0 Å². The molecule has 1 aromatic rings. The van der Waals surface area contributed by atoms with Crippen LogP contribution in [0.3, 0.4) is 0 Å². The molecule has 6 nitrogen and oxygen atoms in total. The average molecular weight is 277 g/mol. The number of nitrogens with zero attached hydrogens (tertiary/aromatic N) is 2. The summed E-state index contributed by atoms with van der Waals surface area (Å²) in [6.45, 7) is 6.87. The van der Waals surface area contributed by atoms with Gasteiger partial charge in [-0.3, -0.25) is 14.9 Å². The molecule has 0 bridgehead atoms. The molecule has 6 heteroatoms. The van der Waals surface area contributed by atoms with Crippen LogP contribution in [-0.4, -0.2) is 30.0 Å². The summed E-state index contributed by atoms with van der Waals surface area (Å²) in [6.07, 6.45) is 0.766. The smallest absolute Gasteiger partial charge is 0.272 e. The van der Waals surface area contributed by atoms with Crippen molar-refractivity contribution in [3.63, 3.8) is 0 Å². The molecule has 1 fully saturated rings. The van der Waals surface area contributed by atoms with Gasteiger partial charge in [0.2, 0.25) is 5.91 Å². The monoisotopic (exact) mass is 277 g/mol. The maximum absolute atomic E-state index is 12.3. The number of nitro groups is 1. The van der Waals surface area contributed by atoms with Gasteiger partial charge in [0.25, 0.3) is 5.69 Å². The lowest BCUT2D eigenvalue weighted by Gasteiger charge is -2.20. The van der Waals surface area contributed by atoms with Gasteiger partial charge in [0.15, 0.2) is 0 Å². The molecule has 1 unspecified atom stereocenters. The van der Waals surface area contributed by atoms with Gasteiger partial charge in [-0.1, -0.05) is 6.92 Å². The Morgan fingerprint density at radius 1 is 1.40 bits per heavy atom. The second kappa shape index (κ2) is 5.58. The summed E-state index contributed by atoms with van der Waals surface area (Å²) >= 11 is 0. The zero-order valence-corrected chi connectivity index (χ0v) is 12.0. The first kappa shape index (κ1) is 14.5. The van der Waals surface area contributed by atoms with Gasteiger partial charge >= 0.3 is 0 Å². The first-order chi connectivity index (χ1) is 9.45. The second-order valence-corrected chi connectivity index (χ2v) is 5.07. The molecule has 1 aromatic carbocycles. The predicted molar refractivity (Wildman–Crippen MR) is 77.0 cm³/mol. The fraction of sp³-hybridized carbons (Fsp3) is 0.500. The molecule has 1 heterocycles. The van der Waals surface area contributed by atoms with Crippen LogP contribution in [0, 0.1) is 24.0 Å². The summed E-state index contributed by atoms with van der Waals surface area (Å²) in [5, 5.41) is 14.1. The summed E-state index contributed by atoms with van der Waals surface area (Å²) in [4.78, 5) is 24.6. The van der Waals surface area contributed by atoms with Crippen molar-refractivity contribution < 1.29 is 9.72 Å². The molecule has 1 amide bonds. The van der Waals surface area contributed by atoms with Gasteiger partial charge in [-0.2, -0.15) is 0 Å². The van der Waals surface area contributed by atoms with Gasteiger partial charge in [0.1, 0.15) is 0 Å². The third-order valence-electron chi connectivity index (χ3n) is 3.66. The predicted octanol–water partition coefficient (Wildman–Crippen LogP) is 1.93. The highest BCUT2D eigenvalue weighted by Crippen LogP contribution is 2.31. The Hall–Kier alpha value is -1.95. The topological polar surface area (TPSA) is 75.5 Å². The molecule has 0 spiro atoms. The molecule has 1 aliphatic rings. The van der Waals surface area contributed by atoms with Crippen LogP contribution >= 0.6 is 0 Å². The number of benzene rings is 1. The molecule has 1 atom stereocenters. The van der Waals surface area contributed by atoms with Gasteiger partial charge in [-0.25, -0.2) is 0 Å². The number of carbonyl (C=O) groups is 1. The van der Waals surface area contributed by atoms with Crippen LogP contribution < -0.4 is 10.2 Å². The standard InChI is InChI=1S/C14H19N3O3/c1-4-15-11-5-6-16(14(11)18)12-7-10(3)13(17(19)20)8-9(12)2/h7-8,11,15H,4-6H2,1-3H3. The molecule has 20 heavy (non-hydrogen) atoms. The molecule has 2 rings (SSSR count). The first-order valence-corrected chi connectivity index (χ1v) is 6.76. The number of nitro benzene ring substituents is 1. The van der Waals surface area contributed by atoms with Crippen molar-refractivity contribution in [1.29, 1.82) is 0 Å². The van der Waals surface area contributed by atoms with E-state index in [1.54, 1.807) is 30.9 Å². The molecule has 108 valence electrons. The van der Waals surface area contributed by atoms with Crippen molar-refractivity contribution in [2.75, 3.05) is 18.0 Å². The molecule has 0 radical (unpaired) electrons. The van der Waals surface area contributed by atoms with Crippen LogP contribution in [-0.2, 0) is 4.79 Å². The highest BCUT2D eigenvalue weighted by molar-refractivity contribution is 6.00. The molecule has 1 saturated heterocycles. The fourth-order valence-corrected chi connectivity index (χ4v) is 2.63. The largest absolute Gasteiger partial charge is 0.311 e. The maximum Gasteiger partial charge on any atom is 0.272 e. The lowest BCUT2D eigenvalue weighted by molar-refractivity contribution is -0.385. The summed E-state index contributed by atoms with van der Waals surface area (Å²) in [7, 11) is 0. The Balaban J connectivity index is 2.33. The van der Waals surface area contributed by atoms with Crippen LogP contribution in [0.4, 0.5) is 11.4 Å². The van der Waals surface area contributed by atoms with Crippen molar-refractivity contribution in [3.8, 4) is 0 Å². The normalized spacial score (nSPS) is 18.6. The van der Waals surface area contributed by atoms with Crippen LogP contribution in [0.25, 0.3) is 0 Å². The number of carbonyl (C=O) groups excluding carboxylic acids is 1. The van der Waals surface area contributed by atoms with E-state index in [9.17, 15) is 14.9 Å². The molecule has 0 aromatic heterocycles. The number of hydrogen-bond donors (Lipinski definition) is 1. The van der Waals surface area contributed by atoms with E-state index in [1.807, 2.05) is 6.92 Å². The Kier molecular flexibility index (Phi) is 4.04. The molecule has 1 N–H and O–H groups in total. The van der Waals surface area contributed by atoms with E-state index < -0.39 is 0 Å². The maximum atomic E-state index is 12.3. The fourth-order valence-electron chi connectivity index (χ4n) is 2.63. The number of anilines is 1. The first-order valence-electron chi connectivity index (χ1n) is 6.76. The summed E-state index contributed by atoms with van der Waals surface area (Å²) < 4.78 is 0. The van der Waals surface area contributed by atoms with E-state index in [0.717, 1.165) is 24.2 Å².